The highest BCUT2D eigenvalue weighted by molar-refractivity contribution is 6.03. The van der Waals surface area contributed by atoms with Gasteiger partial charge in [0.1, 0.15) is 0 Å². The number of rotatable bonds is 12. The second-order valence-electron chi connectivity index (χ2n) is 20.3. The van der Waals surface area contributed by atoms with Gasteiger partial charge in [-0.1, -0.05) is 223 Å². The molecular weight excluding hydrogens is 951 g/mol. The Kier molecular flexibility index (Phi) is 13.3. The van der Waals surface area contributed by atoms with E-state index >= 15 is 0 Å². The van der Waals surface area contributed by atoms with Crippen molar-refractivity contribution in [3.63, 3.8) is 0 Å². The molecule has 0 aliphatic rings. The number of nitrogens with zero attached hydrogens (tertiary/aromatic N) is 7. The second kappa shape index (κ2) is 21.1. The van der Waals surface area contributed by atoms with E-state index in [0.29, 0.717) is 35.2 Å². The molecule has 0 fully saturated rings. The Balaban J connectivity index is 1.12. The Labute approximate surface area is 456 Å². The van der Waals surface area contributed by atoms with Gasteiger partial charge in [0.2, 0.25) is 11.9 Å². The smallest absolute Gasteiger partial charge is 0.241 e. The van der Waals surface area contributed by atoms with Gasteiger partial charge in [-0.15, -0.1) is 0 Å². The Morgan fingerprint density at radius 2 is 0.705 bits per heavy atom. The third kappa shape index (κ3) is 9.74. The third-order valence-electron chi connectivity index (χ3n) is 14.7. The van der Waals surface area contributed by atoms with Crippen LogP contribution in [0.5, 0.6) is 0 Å². The minimum Gasteiger partial charge on any atom is -0.246 e. The van der Waals surface area contributed by atoms with E-state index in [-0.39, 0.29) is 5.92 Å². The number of fused-ring (bicyclic) bond motifs is 1. The number of hydrogen-bond donors (Lipinski definition) is 0. The molecule has 12 aromatic rings. The Morgan fingerprint density at radius 1 is 0.321 bits per heavy atom. The zero-order valence-electron chi connectivity index (χ0n) is 44.6. The molecule has 376 valence electrons. The lowest BCUT2D eigenvalue weighted by Crippen LogP contribution is -2.19. The molecule has 78 heavy (non-hydrogen) atoms. The Hall–Kier alpha value is -9.72. The fourth-order valence-corrected chi connectivity index (χ4v) is 11.3. The number of hydrogen-bond acceptors (Lipinski definition) is 7. The van der Waals surface area contributed by atoms with Gasteiger partial charge in [0.05, 0.1) is 5.69 Å². The van der Waals surface area contributed by atoms with Crippen molar-refractivity contribution in [3.05, 3.63) is 281 Å². The van der Waals surface area contributed by atoms with Crippen LogP contribution in [0.2, 0.25) is 0 Å². The molecule has 0 aliphatic carbocycles. The molecule has 2 aromatic heterocycles. The van der Waals surface area contributed by atoms with Crippen molar-refractivity contribution in [2.24, 2.45) is 0 Å². The molecule has 7 nitrogen and oxygen atoms in total. The first-order valence-electron chi connectivity index (χ1n) is 26.6. The number of benzene rings is 10. The third-order valence-corrected chi connectivity index (χ3v) is 14.7. The van der Waals surface area contributed by atoms with Gasteiger partial charge in [0.25, 0.3) is 0 Å². The van der Waals surface area contributed by atoms with Crippen molar-refractivity contribution >= 4 is 28.4 Å². The SMILES string of the molecule is Cc1cc(C)c(C(c2ccc(N(c3nc(-c4ccccc4)nc(-c4ccc(-c5ccccc5)cc4)n3)c3nc(-c4ccccc4)nc(-c4ccc5ccccc5c4-c4ccccc4)n3)cc2)c2c(C)cc(C)cc2C)c(C)c1. The molecule has 12 rings (SSSR count). The molecule has 10 aromatic carbocycles. The standard InChI is InChI=1S/C71H57N7/c1-45-41-47(3)62(48(4)42-45)65(63-49(5)43-46(2)44-50(63)6)55-35-38-59(39-36-55)78(70-74-66(56-26-15-9-16-27-56)72-68(76-70)58-33-31-52(32-34-58)51-21-11-7-12-22-51)71-75-67(57-28-17-10-18-29-57)73-69(77-71)61-40-37-53-23-19-20-30-60(53)64(61)54-24-13-8-14-25-54/h7-44,65H,1-6H3. The maximum absolute atomic E-state index is 5.54. The highest BCUT2D eigenvalue weighted by Gasteiger charge is 2.28. The van der Waals surface area contributed by atoms with Crippen LogP contribution in [-0.4, -0.2) is 29.9 Å². The minimum atomic E-state index is -0.0428. The van der Waals surface area contributed by atoms with E-state index in [4.69, 9.17) is 29.9 Å². The second-order valence-corrected chi connectivity index (χ2v) is 20.3. The summed E-state index contributed by atoms with van der Waals surface area (Å²) >= 11 is 0. The van der Waals surface area contributed by atoms with Crippen LogP contribution < -0.4 is 4.90 Å². The normalized spacial score (nSPS) is 11.3. The highest BCUT2D eigenvalue weighted by Crippen LogP contribution is 2.43. The molecular formula is C71H57N7. The van der Waals surface area contributed by atoms with E-state index in [2.05, 4.69) is 199 Å². The fraction of sp³-hybridized carbons (Fsp3) is 0.0986. The largest absolute Gasteiger partial charge is 0.246 e. The van der Waals surface area contributed by atoms with Gasteiger partial charge < -0.3 is 0 Å². The van der Waals surface area contributed by atoms with Crippen molar-refractivity contribution < 1.29 is 0 Å². The number of anilines is 3. The maximum atomic E-state index is 5.54. The molecule has 0 saturated carbocycles. The van der Waals surface area contributed by atoms with Crippen LogP contribution in [0.15, 0.2) is 231 Å². The first-order valence-corrected chi connectivity index (χ1v) is 26.6. The Morgan fingerprint density at radius 3 is 1.21 bits per heavy atom. The predicted octanol–water partition coefficient (Wildman–Crippen LogP) is 17.7. The van der Waals surface area contributed by atoms with Crippen molar-refractivity contribution in [2.45, 2.75) is 47.5 Å². The first-order chi connectivity index (χ1) is 38.1. The van der Waals surface area contributed by atoms with Crippen molar-refractivity contribution in [2.75, 3.05) is 4.90 Å². The Bertz CT molecular complexity index is 4020. The van der Waals surface area contributed by atoms with Crippen LogP contribution >= 0.6 is 0 Å². The van der Waals surface area contributed by atoms with Gasteiger partial charge in [0.15, 0.2) is 23.3 Å². The summed E-state index contributed by atoms with van der Waals surface area (Å²) in [6.45, 7) is 13.3. The predicted molar refractivity (Wildman–Crippen MR) is 320 cm³/mol. The monoisotopic (exact) mass is 1010 g/mol. The summed E-state index contributed by atoms with van der Waals surface area (Å²) in [6.07, 6.45) is 0. The van der Waals surface area contributed by atoms with E-state index in [1.165, 1.54) is 44.5 Å². The molecule has 0 amide bonds. The van der Waals surface area contributed by atoms with Crippen LogP contribution in [0.3, 0.4) is 0 Å². The van der Waals surface area contributed by atoms with Crippen LogP contribution in [0.4, 0.5) is 17.6 Å². The van der Waals surface area contributed by atoms with Gasteiger partial charge in [-0.2, -0.15) is 19.9 Å². The van der Waals surface area contributed by atoms with E-state index in [9.17, 15) is 0 Å². The summed E-state index contributed by atoms with van der Waals surface area (Å²) < 4.78 is 0. The average Bonchev–Trinajstić information content (AvgIpc) is 3.63. The van der Waals surface area contributed by atoms with Gasteiger partial charge >= 0.3 is 0 Å². The molecule has 0 saturated heterocycles. The molecule has 0 spiro atoms. The molecule has 0 aliphatic heterocycles. The van der Waals surface area contributed by atoms with Crippen LogP contribution in [0, 0.1) is 41.5 Å². The lowest BCUT2D eigenvalue weighted by molar-refractivity contribution is 0.917. The van der Waals surface area contributed by atoms with Crippen LogP contribution in [0.25, 0.3) is 78.6 Å². The topological polar surface area (TPSA) is 80.6 Å². The molecule has 0 bridgehead atoms. The van der Waals surface area contributed by atoms with E-state index in [1.54, 1.807) is 0 Å². The molecule has 0 unspecified atom stereocenters. The summed E-state index contributed by atoms with van der Waals surface area (Å²) in [5.74, 6) is 2.70. The van der Waals surface area contributed by atoms with Gasteiger partial charge in [-0.3, -0.25) is 0 Å². The van der Waals surface area contributed by atoms with Crippen molar-refractivity contribution in [3.8, 4) is 67.8 Å². The van der Waals surface area contributed by atoms with Gasteiger partial charge in [0, 0.05) is 33.7 Å². The van der Waals surface area contributed by atoms with Crippen LogP contribution in [0.1, 0.15) is 56.0 Å². The molecule has 7 heteroatoms. The first kappa shape index (κ1) is 49.2. The van der Waals surface area contributed by atoms with Crippen molar-refractivity contribution in [1.82, 2.24) is 29.9 Å². The summed E-state index contributed by atoms with van der Waals surface area (Å²) in [5.41, 5.74) is 19.8. The summed E-state index contributed by atoms with van der Waals surface area (Å²) in [4.78, 5) is 34.3. The maximum Gasteiger partial charge on any atom is 0.241 e. The molecule has 0 N–H and O–H groups in total. The van der Waals surface area contributed by atoms with Crippen molar-refractivity contribution in [1.29, 1.82) is 0 Å². The minimum absolute atomic E-state index is 0.0428. The number of aryl methyl sites for hydroxylation is 6. The average molecular weight is 1010 g/mol. The molecule has 0 radical (unpaired) electrons. The zero-order chi connectivity index (χ0) is 53.3. The quantitative estimate of drug-likeness (QED) is 0.113. The summed E-state index contributed by atoms with van der Waals surface area (Å²) in [5, 5.41) is 2.21. The van der Waals surface area contributed by atoms with Crippen LogP contribution in [-0.2, 0) is 0 Å². The van der Waals surface area contributed by atoms with Gasteiger partial charge in [-0.05, 0) is 126 Å². The van der Waals surface area contributed by atoms with E-state index < -0.39 is 0 Å². The summed E-state index contributed by atoms with van der Waals surface area (Å²) in [6, 6.07) is 80.3. The lowest BCUT2D eigenvalue weighted by atomic mass is 9.77. The highest BCUT2D eigenvalue weighted by atomic mass is 15.4. The van der Waals surface area contributed by atoms with Gasteiger partial charge in [-0.25, -0.2) is 14.9 Å². The molecule has 2 heterocycles. The summed E-state index contributed by atoms with van der Waals surface area (Å²) in [7, 11) is 0. The fourth-order valence-electron chi connectivity index (χ4n) is 11.3. The number of aromatic nitrogens is 6. The lowest BCUT2D eigenvalue weighted by Gasteiger charge is -2.28. The molecule has 0 atom stereocenters. The van der Waals surface area contributed by atoms with E-state index in [1.807, 2.05) is 77.7 Å². The van der Waals surface area contributed by atoms with E-state index in [0.717, 1.165) is 66.5 Å². The zero-order valence-corrected chi connectivity index (χ0v) is 44.6.